The van der Waals surface area contributed by atoms with E-state index in [9.17, 15) is 4.39 Å². The zero-order valence-corrected chi connectivity index (χ0v) is 17.1. The van der Waals surface area contributed by atoms with Gasteiger partial charge in [0.2, 0.25) is 5.95 Å². The van der Waals surface area contributed by atoms with Crippen LogP contribution in [0.5, 0.6) is 0 Å². The largest absolute Gasteiger partial charge is 0.340 e. The number of hydrogen-bond donors (Lipinski definition) is 1. The van der Waals surface area contributed by atoms with Crippen molar-refractivity contribution in [3.05, 3.63) is 76.7 Å². The standard InChI is InChI=1S/C22H23FN4.ClH/c1-14-15(2)24-22(26-21(14)25-19-10-8-18(23)9-11-19)27-13-12-17-6-4-5-7-20(17)16(27)3;/h4-11,16H,12-13H2,1-3H3,(H,24,25,26);1H/t16-;/m1./s1. The number of halogens is 2. The van der Waals surface area contributed by atoms with Crippen LogP contribution in [-0.4, -0.2) is 16.5 Å². The molecule has 1 aliphatic rings. The van der Waals surface area contributed by atoms with Gasteiger partial charge in [-0.15, -0.1) is 12.4 Å². The molecule has 6 heteroatoms. The molecule has 0 amide bonds. The van der Waals surface area contributed by atoms with E-state index in [1.54, 1.807) is 12.1 Å². The van der Waals surface area contributed by atoms with Crippen LogP contribution in [0.15, 0.2) is 48.5 Å². The van der Waals surface area contributed by atoms with Gasteiger partial charge in [0.15, 0.2) is 0 Å². The first-order valence-corrected chi connectivity index (χ1v) is 9.25. The number of hydrogen-bond acceptors (Lipinski definition) is 4. The summed E-state index contributed by atoms with van der Waals surface area (Å²) in [7, 11) is 0. The molecule has 0 saturated heterocycles. The van der Waals surface area contributed by atoms with Crippen molar-refractivity contribution >= 4 is 29.9 Å². The molecule has 1 atom stereocenters. The molecule has 3 aromatic rings. The minimum Gasteiger partial charge on any atom is -0.340 e. The molecule has 1 N–H and O–H groups in total. The SMILES string of the molecule is Cc1nc(N2CCc3ccccc3[C@H]2C)nc(Nc2ccc(F)cc2)c1C.Cl. The maximum atomic E-state index is 13.2. The Morgan fingerprint density at radius 2 is 1.75 bits per heavy atom. The summed E-state index contributed by atoms with van der Waals surface area (Å²) in [6.07, 6.45) is 0.984. The molecule has 0 spiro atoms. The van der Waals surface area contributed by atoms with Gasteiger partial charge in [0.25, 0.3) is 0 Å². The van der Waals surface area contributed by atoms with Crippen molar-refractivity contribution in [3.63, 3.8) is 0 Å². The maximum absolute atomic E-state index is 13.2. The molecule has 0 radical (unpaired) electrons. The lowest BCUT2D eigenvalue weighted by Crippen LogP contribution is -2.35. The lowest BCUT2D eigenvalue weighted by Gasteiger charge is -2.35. The zero-order valence-electron chi connectivity index (χ0n) is 16.2. The maximum Gasteiger partial charge on any atom is 0.228 e. The van der Waals surface area contributed by atoms with Crippen LogP contribution in [0.2, 0.25) is 0 Å². The van der Waals surface area contributed by atoms with Crippen LogP contribution in [0.1, 0.15) is 35.3 Å². The second-order valence-corrected chi connectivity index (χ2v) is 7.03. The topological polar surface area (TPSA) is 41.1 Å². The average molecular weight is 399 g/mol. The molecule has 1 aromatic heterocycles. The Morgan fingerprint density at radius 1 is 1.04 bits per heavy atom. The Morgan fingerprint density at radius 3 is 2.50 bits per heavy atom. The van der Waals surface area contributed by atoms with Gasteiger partial charge in [0, 0.05) is 23.5 Å². The highest BCUT2D eigenvalue weighted by molar-refractivity contribution is 5.85. The molecule has 0 bridgehead atoms. The van der Waals surface area contributed by atoms with Crippen LogP contribution in [-0.2, 0) is 6.42 Å². The molecule has 0 aliphatic carbocycles. The van der Waals surface area contributed by atoms with Gasteiger partial charge in [0.05, 0.1) is 6.04 Å². The van der Waals surface area contributed by atoms with E-state index in [0.29, 0.717) is 0 Å². The minimum atomic E-state index is -0.252. The number of aryl methyl sites for hydroxylation is 1. The molecular weight excluding hydrogens is 375 g/mol. The predicted molar refractivity (Wildman–Crippen MR) is 114 cm³/mol. The molecule has 0 fully saturated rings. The predicted octanol–water partition coefficient (Wildman–Crippen LogP) is 5.52. The van der Waals surface area contributed by atoms with E-state index in [1.165, 1.54) is 23.3 Å². The third-order valence-corrected chi connectivity index (χ3v) is 5.34. The lowest BCUT2D eigenvalue weighted by atomic mass is 9.94. The zero-order chi connectivity index (χ0) is 19.0. The number of nitrogens with one attached hydrogen (secondary N) is 1. The summed E-state index contributed by atoms with van der Waals surface area (Å²) in [6.45, 7) is 7.08. The number of nitrogens with zero attached hydrogens (tertiary/aromatic N) is 3. The molecular formula is C22H24ClFN4. The van der Waals surface area contributed by atoms with Gasteiger partial charge < -0.3 is 10.2 Å². The fraction of sp³-hybridized carbons (Fsp3) is 0.273. The molecule has 146 valence electrons. The number of aromatic nitrogens is 2. The van der Waals surface area contributed by atoms with Crippen LogP contribution in [0.25, 0.3) is 0 Å². The summed E-state index contributed by atoms with van der Waals surface area (Å²) in [4.78, 5) is 11.8. The lowest BCUT2D eigenvalue weighted by molar-refractivity contribution is 0.607. The van der Waals surface area contributed by atoms with Gasteiger partial charge in [-0.2, -0.15) is 4.98 Å². The summed E-state index contributed by atoms with van der Waals surface area (Å²) in [5, 5.41) is 3.31. The fourth-order valence-corrected chi connectivity index (χ4v) is 3.58. The van der Waals surface area contributed by atoms with Gasteiger partial charge in [-0.25, -0.2) is 9.37 Å². The third kappa shape index (κ3) is 3.80. The summed E-state index contributed by atoms with van der Waals surface area (Å²) >= 11 is 0. The Hall–Kier alpha value is -2.66. The number of rotatable bonds is 3. The van der Waals surface area contributed by atoms with Gasteiger partial charge in [-0.1, -0.05) is 24.3 Å². The molecule has 28 heavy (non-hydrogen) atoms. The summed E-state index contributed by atoms with van der Waals surface area (Å²) in [5.41, 5.74) is 5.47. The Bertz CT molecular complexity index is 975. The van der Waals surface area contributed by atoms with Crippen molar-refractivity contribution < 1.29 is 4.39 Å². The van der Waals surface area contributed by atoms with Crippen LogP contribution >= 0.6 is 12.4 Å². The second-order valence-electron chi connectivity index (χ2n) is 7.03. The highest BCUT2D eigenvalue weighted by Gasteiger charge is 2.26. The van der Waals surface area contributed by atoms with Crippen molar-refractivity contribution in [1.82, 2.24) is 9.97 Å². The van der Waals surface area contributed by atoms with Crippen molar-refractivity contribution in [2.75, 3.05) is 16.8 Å². The van der Waals surface area contributed by atoms with E-state index in [0.717, 1.165) is 41.7 Å². The molecule has 0 unspecified atom stereocenters. The first-order chi connectivity index (χ1) is 13.0. The van der Waals surface area contributed by atoms with E-state index in [1.807, 2.05) is 13.8 Å². The Labute approximate surface area is 171 Å². The third-order valence-electron chi connectivity index (χ3n) is 5.34. The van der Waals surface area contributed by atoms with Gasteiger partial charge in [-0.3, -0.25) is 0 Å². The monoisotopic (exact) mass is 398 g/mol. The smallest absolute Gasteiger partial charge is 0.228 e. The van der Waals surface area contributed by atoms with Crippen molar-refractivity contribution in [2.24, 2.45) is 0 Å². The second kappa shape index (κ2) is 8.15. The van der Waals surface area contributed by atoms with E-state index in [4.69, 9.17) is 9.97 Å². The van der Waals surface area contributed by atoms with E-state index in [2.05, 4.69) is 41.4 Å². The molecule has 1 aliphatic heterocycles. The first kappa shape index (κ1) is 20.1. The first-order valence-electron chi connectivity index (χ1n) is 9.25. The summed E-state index contributed by atoms with van der Waals surface area (Å²) < 4.78 is 13.2. The van der Waals surface area contributed by atoms with Gasteiger partial charge >= 0.3 is 0 Å². The van der Waals surface area contributed by atoms with Crippen LogP contribution < -0.4 is 10.2 Å². The van der Waals surface area contributed by atoms with Crippen LogP contribution in [0, 0.1) is 19.7 Å². The summed E-state index contributed by atoms with van der Waals surface area (Å²) in [5.74, 6) is 1.23. The molecule has 0 saturated carbocycles. The van der Waals surface area contributed by atoms with E-state index < -0.39 is 0 Å². The summed E-state index contributed by atoms with van der Waals surface area (Å²) in [6, 6.07) is 15.1. The molecule has 4 rings (SSSR count). The molecule has 2 aromatic carbocycles. The Balaban J connectivity index is 0.00000225. The van der Waals surface area contributed by atoms with Crippen molar-refractivity contribution in [1.29, 1.82) is 0 Å². The van der Waals surface area contributed by atoms with E-state index >= 15 is 0 Å². The minimum absolute atomic E-state index is 0. The number of anilines is 3. The normalized spacial score (nSPS) is 15.6. The highest BCUT2D eigenvalue weighted by atomic mass is 35.5. The van der Waals surface area contributed by atoms with Crippen LogP contribution in [0.4, 0.5) is 21.8 Å². The molecule has 4 nitrogen and oxygen atoms in total. The highest BCUT2D eigenvalue weighted by Crippen LogP contribution is 2.33. The van der Waals surface area contributed by atoms with Crippen molar-refractivity contribution in [2.45, 2.75) is 33.2 Å². The fourth-order valence-electron chi connectivity index (χ4n) is 3.58. The van der Waals surface area contributed by atoms with Crippen molar-refractivity contribution in [3.8, 4) is 0 Å². The van der Waals surface area contributed by atoms with Gasteiger partial charge in [0.1, 0.15) is 11.6 Å². The average Bonchev–Trinajstić information content (AvgIpc) is 2.67. The molecule has 2 heterocycles. The van der Waals surface area contributed by atoms with Gasteiger partial charge in [-0.05, 0) is 62.6 Å². The quantitative estimate of drug-likeness (QED) is 0.630. The van der Waals surface area contributed by atoms with Crippen LogP contribution in [0.3, 0.4) is 0 Å². The number of fused-ring (bicyclic) bond motifs is 1. The number of benzene rings is 2. The Kier molecular flexibility index (Phi) is 5.84. The van der Waals surface area contributed by atoms with E-state index in [-0.39, 0.29) is 24.3 Å².